The van der Waals surface area contributed by atoms with E-state index in [1.165, 1.54) is 5.56 Å². The molecule has 0 saturated carbocycles. The third-order valence-electron chi connectivity index (χ3n) is 5.04. The number of rotatable bonds is 4. The van der Waals surface area contributed by atoms with Gasteiger partial charge in [-0.25, -0.2) is 0 Å². The van der Waals surface area contributed by atoms with E-state index >= 15 is 0 Å². The number of hydrogen-bond donors (Lipinski definition) is 3. The van der Waals surface area contributed by atoms with Gasteiger partial charge in [0.2, 0.25) is 0 Å². The van der Waals surface area contributed by atoms with Gasteiger partial charge in [-0.1, -0.05) is 32.9 Å². The van der Waals surface area contributed by atoms with Crippen molar-refractivity contribution >= 4 is 0 Å². The van der Waals surface area contributed by atoms with Crippen LogP contribution in [-0.2, 0) is 27.7 Å². The van der Waals surface area contributed by atoms with Gasteiger partial charge < -0.3 is 25.2 Å². The highest BCUT2D eigenvalue weighted by atomic mass is 16.5. The number of phenols is 1. The molecule has 5 heteroatoms. The van der Waals surface area contributed by atoms with Gasteiger partial charge in [0.25, 0.3) is 0 Å². The first kappa shape index (κ1) is 18.6. The molecule has 25 heavy (non-hydrogen) atoms. The molecular formula is C20H32N2O3. The van der Waals surface area contributed by atoms with E-state index in [-0.39, 0.29) is 17.6 Å². The number of ether oxygens (including phenoxy) is 2. The van der Waals surface area contributed by atoms with E-state index in [1.807, 2.05) is 0 Å². The molecule has 1 aromatic carbocycles. The zero-order valence-corrected chi connectivity index (χ0v) is 15.7. The summed E-state index contributed by atoms with van der Waals surface area (Å²) in [7, 11) is 0. The molecule has 3 rings (SSSR count). The molecule has 2 fully saturated rings. The summed E-state index contributed by atoms with van der Waals surface area (Å²) in [5, 5.41) is 17.6. The van der Waals surface area contributed by atoms with Crippen molar-refractivity contribution in [1.29, 1.82) is 0 Å². The maximum absolute atomic E-state index is 10.9. The van der Waals surface area contributed by atoms with E-state index in [0.29, 0.717) is 5.75 Å². The van der Waals surface area contributed by atoms with Crippen molar-refractivity contribution in [2.24, 2.45) is 0 Å². The van der Waals surface area contributed by atoms with E-state index < -0.39 is 0 Å². The van der Waals surface area contributed by atoms with E-state index in [1.54, 1.807) is 0 Å². The molecule has 2 saturated heterocycles. The van der Waals surface area contributed by atoms with E-state index in [2.05, 4.69) is 43.5 Å². The monoisotopic (exact) mass is 348 g/mol. The van der Waals surface area contributed by atoms with Gasteiger partial charge in [0, 0.05) is 39.0 Å². The van der Waals surface area contributed by atoms with Crippen LogP contribution in [0.15, 0.2) is 12.1 Å². The third kappa shape index (κ3) is 4.94. The van der Waals surface area contributed by atoms with Crippen molar-refractivity contribution in [1.82, 2.24) is 10.6 Å². The zero-order chi connectivity index (χ0) is 17.9. The number of benzene rings is 1. The molecule has 1 aromatic rings. The lowest BCUT2D eigenvalue weighted by Crippen LogP contribution is -2.40. The summed E-state index contributed by atoms with van der Waals surface area (Å²) in [6, 6.07) is 4.30. The fourth-order valence-corrected chi connectivity index (χ4v) is 3.50. The van der Waals surface area contributed by atoms with Gasteiger partial charge in [0.05, 0.1) is 25.4 Å². The highest BCUT2D eigenvalue weighted by Crippen LogP contribution is 2.33. The first-order valence-electron chi connectivity index (χ1n) is 9.43. The molecule has 2 aliphatic heterocycles. The third-order valence-corrected chi connectivity index (χ3v) is 5.04. The van der Waals surface area contributed by atoms with Crippen molar-refractivity contribution in [3.05, 3.63) is 28.8 Å². The molecular weight excluding hydrogens is 316 g/mol. The van der Waals surface area contributed by atoms with Crippen molar-refractivity contribution in [3.63, 3.8) is 0 Å². The van der Waals surface area contributed by atoms with Gasteiger partial charge in [-0.15, -0.1) is 0 Å². The quantitative estimate of drug-likeness (QED) is 0.774. The fraction of sp³-hybridized carbons (Fsp3) is 0.700. The number of phenolic OH excluding ortho intramolecular Hbond substituents is 1. The Labute approximate surface area is 151 Å². The molecule has 0 spiro atoms. The van der Waals surface area contributed by atoms with Crippen molar-refractivity contribution in [2.75, 3.05) is 39.4 Å². The van der Waals surface area contributed by atoms with Crippen molar-refractivity contribution in [3.8, 4) is 5.75 Å². The van der Waals surface area contributed by atoms with Crippen molar-refractivity contribution < 1.29 is 14.6 Å². The normalized spacial score (nSPS) is 25.1. The lowest BCUT2D eigenvalue weighted by molar-refractivity contribution is 0.0277. The lowest BCUT2D eigenvalue weighted by Gasteiger charge is -2.28. The van der Waals surface area contributed by atoms with E-state index in [9.17, 15) is 5.11 Å². The standard InChI is InChI=1S/C20H32N2O3/c1-20(2,3)16-8-14(10-17-12-21-4-6-24-17)19(23)15(9-16)11-18-13-22-5-7-25-18/h8-9,17-18,21-23H,4-7,10-13H2,1-3H3. The number of nitrogens with one attached hydrogen (secondary N) is 2. The Balaban J connectivity index is 1.85. The molecule has 5 nitrogen and oxygen atoms in total. The fourth-order valence-electron chi connectivity index (χ4n) is 3.50. The van der Waals surface area contributed by atoms with Gasteiger partial charge in [0.15, 0.2) is 0 Å². The molecule has 0 bridgehead atoms. The zero-order valence-electron chi connectivity index (χ0n) is 15.7. The SMILES string of the molecule is CC(C)(C)c1cc(CC2CNCCO2)c(O)c(CC2CNCCO2)c1. The molecule has 2 heterocycles. The number of morpholine rings is 2. The second-order valence-electron chi connectivity index (χ2n) is 8.20. The second kappa shape index (κ2) is 8.04. The number of hydrogen-bond acceptors (Lipinski definition) is 5. The van der Waals surface area contributed by atoms with E-state index in [0.717, 1.165) is 63.4 Å². The largest absolute Gasteiger partial charge is 0.507 e. The summed E-state index contributed by atoms with van der Waals surface area (Å²) < 4.78 is 11.7. The molecule has 3 N–H and O–H groups in total. The molecule has 0 amide bonds. The minimum Gasteiger partial charge on any atom is -0.507 e. The Morgan fingerprint density at radius 3 is 1.80 bits per heavy atom. The molecule has 0 aliphatic carbocycles. The van der Waals surface area contributed by atoms with E-state index in [4.69, 9.17) is 9.47 Å². The van der Waals surface area contributed by atoms with Crippen LogP contribution >= 0.6 is 0 Å². The van der Waals surface area contributed by atoms with Gasteiger partial charge in [-0.2, -0.15) is 0 Å². The van der Waals surface area contributed by atoms with Crippen LogP contribution in [0.2, 0.25) is 0 Å². The Morgan fingerprint density at radius 2 is 1.44 bits per heavy atom. The summed E-state index contributed by atoms with van der Waals surface area (Å²) in [6.07, 6.45) is 1.71. The summed E-state index contributed by atoms with van der Waals surface area (Å²) in [5.74, 6) is 0.413. The first-order valence-corrected chi connectivity index (χ1v) is 9.43. The Kier molecular flexibility index (Phi) is 6.00. The van der Waals surface area contributed by atoms with Gasteiger partial charge in [-0.3, -0.25) is 0 Å². The number of aromatic hydroxyl groups is 1. The highest BCUT2D eigenvalue weighted by Gasteiger charge is 2.24. The lowest BCUT2D eigenvalue weighted by atomic mass is 9.83. The first-order chi connectivity index (χ1) is 11.9. The van der Waals surface area contributed by atoms with Crippen LogP contribution in [0.5, 0.6) is 5.75 Å². The molecule has 0 radical (unpaired) electrons. The average molecular weight is 348 g/mol. The summed E-state index contributed by atoms with van der Waals surface area (Å²) in [5.41, 5.74) is 3.26. The predicted molar refractivity (Wildman–Crippen MR) is 99.4 cm³/mol. The minimum absolute atomic E-state index is 0.0363. The Hall–Kier alpha value is -1.14. The summed E-state index contributed by atoms with van der Waals surface area (Å²) in [6.45, 7) is 11.6. The Morgan fingerprint density at radius 1 is 0.960 bits per heavy atom. The van der Waals surface area contributed by atoms with Crippen LogP contribution in [-0.4, -0.2) is 56.7 Å². The van der Waals surface area contributed by atoms with Gasteiger partial charge in [0.1, 0.15) is 5.75 Å². The van der Waals surface area contributed by atoms with Crippen LogP contribution < -0.4 is 10.6 Å². The molecule has 2 aliphatic rings. The maximum atomic E-state index is 10.9. The molecule has 2 atom stereocenters. The van der Waals surface area contributed by atoms with Crippen LogP contribution in [0, 0.1) is 0 Å². The van der Waals surface area contributed by atoms with Crippen LogP contribution in [0.25, 0.3) is 0 Å². The van der Waals surface area contributed by atoms with Crippen molar-refractivity contribution in [2.45, 2.75) is 51.2 Å². The van der Waals surface area contributed by atoms with Gasteiger partial charge in [-0.05, 0) is 22.1 Å². The summed E-state index contributed by atoms with van der Waals surface area (Å²) in [4.78, 5) is 0. The molecule has 0 aromatic heterocycles. The second-order valence-corrected chi connectivity index (χ2v) is 8.20. The highest BCUT2D eigenvalue weighted by molar-refractivity contribution is 5.46. The van der Waals surface area contributed by atoms with Crippen LogP contribution in [0.1, 0.15) is 37.5 Å². The van der Waals surface area contributed by atoms with Crippen LogP contribution in [0.4, 0.5) is 0 Å². The smallest absolute Gasteiger partial charge is 0.122 e. The minimum atomic E-state index is 0.0363. The predicted octanol–water partition coefficient (Wildman–Crippen LogP) is 1.75. The Bertz CT molecular complexity index is 530. The summed E-state index contributed by atoms with van der Waals surface area (Å²) >= 11 is 0. The maximum Gasteiger partial charge on any atom is 0.122 e. The average Bonchev–Trinajstić information content (AvgIpc) is 2.59. The van der Waals surface area contributed by atoms with Gasteiger partial charge >= 0.3 is 0 Å². The molecule has 2 unspecified atom stereocenters. The topological polar surface area (TPSA) is 62.8 Å². The molecule has 140 valence electrons. The van der Waals surface area contributed by atoms with Crippen LogP contribution in [0.3, 0.4) is 0 Å².